The first-order valence-electron chi connectivity index (χ1n) is 9.81. The van der Waals surface area contributed by atoms with Gasteiger partial charge in [-0.05, 0) is 66.5 Å². The van der Waals surface area contributed by atoms with E-state index in [0.717, 1.165) is 68.0 Å². The van der Waals surface area contributed by atoms with Crippen LogP contribution < -0.4 is 4.74 Å². The van der Waals surface area contributed by atoms with Crippen molar-refractivity contribution in [2.24, 2.45) is 5.41 Å². The van der Waals surface area contributed by atoms with Crippen molar-refractivity contribution in [2.45, 2.75) is 25.7 Å². The molecule has 2 saturated heterocycles. The molecular formula is C23H27NO3. The second-order valence-electron chi connectivity index (χ2n) is 7.75. The number of nitrogens with zero attached hydrogens (tertiary/aromatic N) is 1. The molecule has 0 atom stereocenters. The molecule has 2 fully saturated rings. The molecule has 0 bridgehead atoms. The molecule has 2 aliphatic rings. The fourth-order valence-corrected chi connectivity index (χ4v) is 4.38. The third kappa shape index (κ3) is 3.86. The van der Waals surface area contributed by atoms with Crippen LogP contribution in [0.25, 0.3) is 11.1 Å². The first-order chi connectivity index (χ1) is 13.2. The van der Waals surface area contributed by atoms with Crippen LogP contribution in [0.5, 0.6) is 5.75 Å². The lowest BCUT2D eigenvalue weighted by Crippen LogP contribution is -2.48. The topological polar surface area (TPSA) is 38.8 Å². The molecule has 1 spiro atoms. The molecule has 4 rings (SSSR count). The largest absolute Gasteiger partial charge is 0.497 e. The summed E-state index contributed by atoms with van der Waals surface area (Å²) >= 11 is 0. The minimum Gasteiger partial charge on any atom is -0.497 e. The number of piperidine rings is 1. The zero-order valence-corrected chi connectivity index (χ0v) is 15.9. The fraction of sp³-hybridized carbons (Fsp3) is 0.435. The maximum absolute atomic E-state index is 13.0. The Labute approximate surface area is 161 Å². The van der Waals surface area contributed by atoms with Crippen molar-refractivity contribution >= 4 is 5.91 Å². The van der Waals surface area contributed by atoms with E-state index in [-0.39, 0.29) is 11.3 Å². The van der Waals surface area contributed by atoms with Gasteiger partial charge in [-0.2, -0.15) is 0 Å². The minimum absolute atomic E-state index is 0.151. The van der Waals surface area contributed by atoms with Crippen LogP contribution in [0, 0.1) is 5.41 Å². The first kappa shape index (κ1) is 18.1. The van der Waals surface area contributed by atoms with Crippen molar-refractivity contribution < 1.29 is 14.3 Å². The molecule has 27 heavy (non-hydrogen) atoms. The third-order valence-electron chi connectivity index (χ3n) is 6.04. The molecular weight excluding hydrogens is 338 g/mol. The van der Waals surface area contributed by atoms with E-state index in [1.54, 1.807) is 7.11 Å². The fourth-order valence-electron chi connectivity index (χ4n) is 4.38. The highest BCUT2D eigenvalue weighted by Crippen LogP contribution is 2.39. The third-order valence-corrected chi connectivity index (χ3v) is 6.04. The van der Waals surface area contributed by atoms with Crippen LogP contribution in [0.1, 0.15) is 36.0 Å². The summed E-state index contributed by atoms with van der Waals surface area (Å²) in [6.45, 7) is 3.39. The molecule has 0 N–H and O–H groups in total. The summed E-state index contributed by atoms with van der Waals surface area (Å²) in [7, 11) is 1.67. The lowest BCUT2D eigenvalue weighted by molar-refractivity contribution is -0.0229. The monoisotopic (exact) mass is 365 g/mol. The number of benzene rings is 2. The van der Waals surface area contributed by atoms with Gasteiger partial charge in [0.15, 0.2) is 0 Å². The Bertz CT molecular complexity index is 788. The van der Waals surface area contributed by atoms with Gasteiger partial charge < -0.3 is 14.4 Å². The van der Waals surface area contributed by atoms with Gasteiger partial charge in [0, 0.05) is 31.9 Å². The minimum atomic E-state index is 0.151. The van der Waals surface area contributed by atoms with Gasteiger partial charge in [0.2, 0.25) is 0 Å². The molecule has 4 heteroatoms. The molecule has 142 valence electrons. The Morgan fingerprint density at radius 1 is 1.04 bits per heavy atom. The lowest BCUT2D eigenvalue weighted by Gasteiger charge is -2.45. The number of carbonyl (C=O) groups excluding carboxylic acids is 1. The molecule has 0 saturated carbocycles. The van der Waals surface area contributed by atoms with Crippen LogP contribution in [0.4, 0.5) is 0 Å². The second kappa shape index (κ2) is 7.73. The maximum atomic E-state index is 13.0. The maximum Gasteiger partial charge on any atom is 0.253 e. The lowest BCUT2D eigenvalue weighted by atomic mass is 9.74. The van der Waals surface area contributed by atoms with Gasteiger partial charge in [0.25, 0.3) is 5.91 Å². The van der Waals surface area contributed by atoms with Gasteiger partial charge >= 0.3 is 0 Å². The predicted octanol–water partition coefficient (Wildman–Crippen LogP) is 4.40. The van der Waals surface area contributed by atoms with Crippen LogP contribution in [-0.4, -0.2) is 44.2 Å². The zero-order chi connectivity index (χ0) is 18.7. The van der Waals surface area contributed by atoms with Gasteiger partial charge in [-0.15, -0.1) is 0 Å². The molecule has 2 aliphatic heterocycles. The number of likely N-dealkylation sites (tertiary alicyclic amines) is 1. The highest BCUT2D eigenvalue weighted by atomic mass is 16.5. The van der Waals surface area contributed by atoms with E-state index in [1.807, 2.05) is 42.5 Å². The molecule has 2 aromatic rings. The van der Waals surface area contributed by atoms with E-state index in [4.69, 9.17) is 9.47 Å². The number of methoxy groups -OCH3 is 1. The van der Waals surface area contributed by atoms with Crippen molar-refractivity contribution in [1.29, 1.82) is 0 Å². The molecule has 2 aromatic carbocycles. The summed E-state index contributed by atoms with van der Waals surface area (Å²) < 4.78 is 10.8. The van der Waals surface area contributed by atoms with Crippen LogP contribution in [-0.2, 0) is 4.74 Å². The number of hydrogen-bond donors (Lipinski definition) is 0. The smallest absolute Gasteiger partial charge is 0.253 e. The van der Waals surface area contributed by atoms with Crippen molar-refractivity contribution in [3.63, 3.8) is 0 Å². The van der Waals surface area contributed by atoms with Gasteiger partial charge in [-0.3, -0.25) is 4.79 Å². The molecule has 2 heterocycles. The van der Waals surface area contributed by atoms with E-state index < -0.39 is 0 Å². The first-order valence-corrected chi connectivity index (χ1v) is 9.81. The number of amides is 1. The Kier molecular flexibility index (Phi) is 5.17. The summed E-state index contributed by atoms with van der Waals surface area (Å²) in [4.78, 5) is 15.1. The summed E-state index contributed by atoms with van der Waals surface area (Å²) in [6.07, 6.45) is 4.46. The molecule has 0 unspecified atom stereocenters. The van der Waals surface area contributed by atoms with Crippen molar-refractivity contribution in [1.82, 2.24) is 4.90 Å². The number of hydrogen-bond acceptors (Lipinski definition) is 3. The summed E-state index contributed by atoms with van der Waals surface area (Å²) in [5.74, 6) is 0.987. The Morgan fingerprint density at radius 2 is 1.81 bits per heavy atom. The van der Waals surface area contributed by atoms with Crippen molar-refractivity contribution in [3.8, 4) is 16.9 Å². The Hall–Kier alpha value is -2.33. The van der Waals surface area contributed by atoms with E-state index in [9.17, 15) is 4.79 Å². The Balaban J connectivity index is 1.49. The van der Waals surface area contributed by atoms with Crippen LogP contribution in [0.3, 0.4) is 0 Å². The predicted molar refractivity (Wildman–Crippen MR) is 106 cm³/mol. The van der Waals surface area contributed by atoms with Gasteiger partial charge in [0.1, 0.15) is 5.75 Å². The summed E-state index contributed by atoms with van der Waals surface area (Å²) in [5.41, 5.74) is 3.22. The van der Waals surface area contributed by atoms with Crippen LogP contribution in [0.15, 0.2) is 48.5 Å². The molecule has 0 aromatic heterocycles. The average molecular weight is 365 g/mol. The summed E-state index contributed by atoms with van der Waals surface area (Å²) in [6, 6.07) is 15.9. The van der Waals surface area contributed by atoms with E-state index in [2.05, 4.69) is 11.0 Å². The molecule has 0 aliphatic carbocycles. The average Bonchev–Trinajstić information content (AvgIpc) is 2.74. The van der Waals surface area contributed by atoms with Crippen LogP contribution >= 0.6 is 0 Å². The SMILES string of the molecule is COc1cccc(-c2ccc(C(=O)N3CCCC4(CCOCC4)C3)cc2)c1. The number of ether oxygens (including phenoxy) is 2. The van der Waals surface area contributed by atoms with Gasteiger partial charge in [0.05, 0.1) is 7.11 Å². The highest BCUT2D eigenvalue weighted by Gasteiger charge is 2.38. The molecule has 1 amide bonds. The van der Waals surface area contributed by atoms with E-state index in [0.29, 0.717) is 0 Å². The number of carbonyl (C=O) groups is 1. The number of rotatable bonds is 3. The highest BCUT2D eigenvalue weighted by molar-refractivity contribution is 5.94. The normalized spacial score (nSPS) is 19.1. The van der Waals surface area contributed by atoms with E-state index >= 15 is 0 Å². The summed E-state index contributed by atoms with van der Waals surface area (Å²) in [5, 5.41) is 0. The molecule has 4 nitrogen and oxygen atoms in total. The van der Waals surface area contributed by atoms with Gasteiger partial charge in [-0.25, -0.2) is 0 Å². The van der Waals surface area contributed by atoms with Crippen LogP contribution in [0.2, 0.25) is 0 Å². The zero-order valence-electron chi connectivity index (χ0n) is 15.9. The van der Waals surface area contributed by atoms with E-state index in [1.165, 1.54) is 6.42 Å². The molecule has 0 radical (unpaired) electrons. The van der Waals surface area contributed by atoms with Crippen molar-refractivity contribution in [3.05, 3.63) is 54.1 Å². The Morgan fingerprint density at radius 3 is 2.56 bits per heavy atom. The quantitative estimate of drug-likeness (QED) is 0.809. The second-order valence-corrected chi connectivity index (χ2v) is 7.75. The standard InChI is InChI=1S/C23H27NO3/c1-26-21-5-2-4-20(16-21)18-6-8-19(9-7-18)22(25)24-13-3-10-23(17-24)11-14-27-15-12-23/h2,4-9,16H,3,10-15,17H2,1H3. The van der Waals surface area contributed by atoms with Gasteiger partial charge in [-0.1, -0.05) is 24.3 Å². The van der Waals surface area contributed by atoms with Crippen molar-refractivity contribution in [2.75, 3.05) is 33.4 Å².